The van der Waals surface area contributed by atoms with Crippen LogP contribution in [0.1, 0.15) is 5.56 Å². The van der Waals surface area contributed by atoms with E-state index in [0.29, 0.717) is 6.07 Å². The molecular formula is C8H5ClF3NO3. The van der Waals surface area contributed by atoms with E-state index < -0.39 is 22.7 Å². The number of hydrogen-bond donors (Lipinski definition) is 0. The number of rotatable bonds is 3. The van der Waals surface area contributed by atoms with Crippen LogP contribution < -0.4 is 4.74 Å². The Morgan fingerprint density at radius 1 is 1.44 bits per heavy atom. The highest BCUT2D eigenvalue weighted by molar-refractivity contribution is 6.17. The summed E-state index contributed by atoms with van der Waals surface area (Å²) in [6.45, 7) is 0. The van der Waals surface area contributed by atoms with E-state index >= 15 is 0 Å². The predicted octanol–water partition coefficient (Wildman–Crippen LogP) is 3.23. The van der Waals surface area contributed by atoms with E-state index in [4.69, 9.17) is 11.6 Å². The first-order chi connectivity index (χ1) is 7.33. The lowest BCUT2D eigenvalue weighted by Gasteiger charge is -2.09. The Balaban J connectivity index is 3.07. The summed E-state index contributed by atoms with van der Waals surface area (Å²) in [5, 5.41) is 10.5. The fourth-order valence-electron chi connectivity index (χ4n) is 1.02. The van der Waals surface area contributed by atoms with Gasteiger partial charge in [-0.25, -0.2) is 0 Å². The van der Waals surface area contributed by atoms with Crippen LogP contribution in [-0.4, -0.2) is 11.3 Å². The van der Waals surface area contributed by atoms with Crippen molar-refractivity contribution in [3.63, 3.8) is 0 Å². The number of halogens is 4. The summed E-state index contributed by atoms with van der Waals surface area (Å²) in [4.78, 5) is 9.69. The molecule has 0 bridgehead atoms. The van der Waals surface area contributed by atoms with Crippen molar-refractivity contribution in [2.45, 2.75) is 12.2 Å². The fraction of sp³-hybridized carbons (Fsp3) is 0.250. The Labute approximate surface area is 92.7 Å². The van der Waals surface area contributed by atoms with Gasteiger partial charge in [0.2, 0.25) is 0 Å². The standard InChI is InChI=1S/C8H5ClF3NO3/c9-4-5-1-2-6(16-8(10,11)12)3-7(5)13(14)15/h1-3H,4H2. The maximum atomic E-state index is 11.8. The van der Waals surface area contributed by atoms with E-state index in [1.165, 1.54) is 0 Å². The lowest BCUT2D eigenvalue weighted by atomic mass is 10.2. The summed E-state index contributed by atoms with van der Waals surface area (Å²) in [5.41, 5.74) is -0.377. The van der Waals surface area contributed by atoms with Gasteiger partial charge in [0.25, 0.3) is 5.69 Å². The lowest BCUT2D eigenvalue weighted by molar-refractivity contribution is -0.385. The van der Waals surface area contributed by atoms with Crippen molar-refractivity contribution in [2.75, 3.05) is 0 Å². The maximum Gasteiger partial charge on any atom is 0.573 e. The number of ether oxygens (including phenoxy) is 1. The summed E-state index contributed by atoms with van der Waals surface area (Å²) in [5.74, 6) is -0.809. The SMILES string of the molecule is O=[N+]([O-])c1cc(OC(F)(F)F)ccc1CCl. The van der Waals surface area contributed by atoms with Crippen molar-refractivity contribution < 1.29 is 22.8 Å². The highest BCUT2D eigenvalue weighted by Crippen LogP contribution is 2.29. The van der Waals surface area contributed by atoms with Crippen molar-refractivity contribution in [1.82, 2.24) is 0 Å². The zero-order valence-electron chi connectivity index (χ0n) is 7.62. The number of benzene rings is 1. The smallest absolute Gasteiger partial charge is 0.406 e. The van der Waals surface area contributed by atoms with Gasteiger partial charge in [-0.2, -0.15) is 0 Å². The number of hydrogen-bond acceptors (Lipinski definition) is 3. The van der Waals surface area contributed by atoms with Crippen LogP contribution in [0.25, 0.3) is 0 Å². The van der Waals surface area contributed by atoms with Crippen molar-refractivity contribution in [3.8, 4) is 5.75 Å². The van der Waals surface area contributed by atoms with E-state index in [1.54, 1.807) is 0 Å². The zero-order chi connectivity index (χ0) is 12.3. The molecule has 0 aromatic heterocycles. The Kier molecular flexibility index (Phi) is 3.58. The molecule has 0 fully saturated rings. The van der Waals surface area contributed by atoms with Gasteiger partial charge >= 0.3 is 6.36 Å². The monoisotopic (exact) mass is 255 g/mol. The van der Waals surface area contributed by atoms with Crippen LogP contribution >= 0.6 is 11.6 Å². The first kappa shape index (κ1) is 12.6. The maximum absolute atomic E-state index is 11.8. The molecule has 0 aliphatic heterocycles. The van der Waals surface area contributed by atoms with Crippen LogP contribution in [-0.2, 0) is 5.88 Å². The Hall–Kier alpha value is -1.50. The molecule has 0 aliphatic rings. The highest BCUT2D eigenvalue weighted by atomic mass is 35.5. The quantitative estimate of drug-likeness (QED) is 0.473. The van der Waals surface area contributed by atoms with Gasteiger partial charge in [-0.3, -0.25) is 10.1 Å². The molecule has 0 unspecified atom stereocenters. The van der Waals surface area contributed by atoms with Crippen LogP contribution in [0.4, 0.5) is 18.9 Å². The van der Waals surface area contributed by atoms with Crippen molar-refractivity contribution in [1.29, 1.82) is 0 Å². The Morgan fingerprint density at radius 3 is 2.50 bits per heavy atom. The molecule has 0 amide bonds. The molecule has 4 nitrogen and oxygen atoms in total. The summed E-state index contributed by atoms with van der Waals surface area (Å²) >= 11 is 5.39. The first-order valence-electron chi connectivity index (χ1n) is 3.92. The average Bonchev–Trinajstić information content (AvgIpc) is 2.15. The molecule has 0 heterocycles. The lowest BCUT2D eigenvalue weighted by Crippen LogP contribution is -2.17. The third kappa shape index (κ3) is 3.27. The van der Waals surface area contributed by atoms with Crippen LogP contribution in [0, 0.1) is 10.1 Å². The summed E-state index contributed by atoms with van der Waals surface area (Å²) in [6.07, 6.45) is -4.88. The van der Waals surface area contributed by atoms with Gasteiger partial charge in [-0.15, -0.1) is 24.8 Å². The van der Waals surface area contributed by atoms with Crippen molar-refractivity contribution in [2.24, 2.45) is 0 Å². The molecule has 8 heteroatoms. The number of nitro benzene ring substituents is 1. The van der Waals surface area contributed by atoms with Crippen LogP contribution in [0.2, 0.25) is 0 Å². The summed E-state index contributed by atoms with van der Waals surface area (Å²) in [6, 6.07) is 2.77. The summed E-state index contributed by atoms with van der Waals surface area (Å²) < 4.78 is 39.1. The molecule has 1 rings (SSSR count). The van der Waals surface area contributed by atoms with E-state index in [9.17, 15) is 23.3 Å². The molecule has 88 valence electrons. The Morgan fingerprint density at radius 2 is 2.06 bits per heavy atom. The molecule has 0 saturated carbocycles. The average molecular weight is 256 g/mol. The fourth-order valence-corrected chi connectivity index (χ4v) is 1.25. The van der Waals surface area contributed by atoms with Gasteiger partial charge in [0.05, 0.1) is 16.9 Å². The molecule has 0 radical (unpaired) electrons. The van der Waals surface area contributed by atoms with Crippen LogP contribution in [0.3, 0.4) is 0 Å². The van der Waals surface area contributed by atoms with Gasteiger partial charge in [0.1, 0.15) is 5.75 Å². The van der Waals surface area contributed by atoms with E-state index in [2.05, 4.69) is 4.74 Å². The predicted molar refractivity (Wildman–Crippen MR) is 49.3 cm³/mol. The minimum atomic E-state index is -4.88. The molecule has 0 N–H and O–H groups in total. The van der Waals surface area contributed by atoms with Gasteiger partial charge in [-0.05, 0) is 12.1 Å². The third-order valence-electron chi connectivity index (χ3n) is 1.63. The van der Waals surface area contributed by atoms with E-state index in [-0.39, 0.29) is 11.4 Å². The molecule has 16 heavy (non-hydrogen) atoms. The third-order valence-corrected chi connectivity index (χ3v) is 1.92. The van der Waals surface area contributed by atoms with Gasteiger partial charge < -0.3 is 4.74 Å². The molecular weight excluding hydrogens is 251 g/mol. The largest absolute Gasteiger partial charge is 0.573 e. The zero-order valence-corrected chi connectivity index (χ0v) is 8.38. The number of nitro groups is 1. The molecule has 0 atom stereocenters. The van der Waals surface area contributed by atoms with Crippen molar-refractivity contribution in [3.05, 3.63) is 33.9 Å². The van der Waals surface area contributed by atoms with Gasteiger partial charge in [0.15, 0.2) is 0 Å². The van der Waals surface area contributed by atoms with Gasteiger partial charge in [0, 0.05) is 5.56 Å². The first-order valence-corrected chi connectivity index (χ1v) is 4.46. The van der Waals surface area contributed by atoms with Gasteiger partial charge in [-0.1, -0.05) is 0 Å². The second-order valence-electron chi connectivity index (χ2n) is 2.73. The van der Waals surface area contributed by atoms with Crippen molar-refractivity contribution >= 4 is 17.3 Å². The Bertz CT molecular complexity index is 408. The second-order valence-corrected chi connectivity index (χ2v) is 3.00. The van der Waals surface area contributed by atoms with Crippen LogP contribution in [0.15, 0.2) is 18.2 Å². The normalized spacial score (nSPS) is 11.2. The topological polar surface area (TPSA) is 52.4 Å². The van der Waals surface area contributed by atoms with Crippen LogP contribution in [0.5, 0.6) is 5.75 Å². The van der Waals surface area contributed by atoms with E-state index in [0.717, 1.165) is 12.1 Å². The molecule has 0 aliphatic carbocycles. The second kappa shape index (κ2) is 4.56. The number of alkyl halides is 4. The number of nitrogens with zero attached hydrogens (tertiary/aromatic N) is 1. The summed E-state index contributed by atoms with van der Waals surface area (Å²) in [7, 11) is 0. The van der Waals surface area contributed by atoms with E-state index in [1.807, 2.05) is 0 Å². The highest BCUT2D eigenvalue weighted by Gasteiger charge is 2.31. The molecule has 0 spiro atoms. The molecule has 1 aromatic rings. The molecule has 1 aromatic carbocycles. The molecule has 0 saturated heterocycles. The minimum absolute atomic E-state index is 0.126. The minimum Gasteiger partial charge on any atom is -0.406 e.